The van der Waals surface area contributed by atoms with E-state index in [2.05, 4.69) is 25.8 Å². The SMILES string of the molecule is Cc1noc(C)c1-c1nc(NC2CCN(C(=O)c3ccc(NC(=O)/C=C/CCl)cc3)CC2)ncc1Cl. The van der Waals surface area contributed by atoms with E-state index < -0.39 is 0 Å². The van der Waals surface area contributed by atoms with Gasteiger partial charge in [-0.2, -0.15) is 0 Å². The van der Waals surface area contributed by atoms with Gasteiger partial charge in [-0.25, -0.2) is 9.97 Å². The van der Waals surface area contributed by atoms with Crippen molar-refractivity contribution in [2.45, 2.75) is 32.7 Å². The zero-order valence-corrected chi connectivity index (χ0v) is 21.4. The first-order chi connectivity index (χ1) is 17.4. The van der Waals surface area contributed by atoms with Crippen LogP contribution in [0.25, 0.3) is 11.3 Å². The number of carbonyl (C=O) groups excluding carboxylic acids is 2. The fraction of sp³-hybridized carbons (Fsp3) is 0.320. The first-order valence-corrected chi connectivity index (χ1v) is 12.4. The summed E-state index contributed by atoms with van der Waals surface area (Å²) in [7, 11) is 0. The number of anilines is 2. The van der Waals surface area contributed by atoms with Gasteiger partial charge in [-0.3, -0.25) is 9.59 Å². The smallest absolute Gasteiger partial charge is 0.253 e. The standard InChI is InChI=1S/C25H26Cl2N6O3/c1-15-22(16(2)36-32-15)23-20(27)14-28-25(31-23)30-19-9-12-33(13-10-19)24(35)17-5-7-18(8-6-17)29-21(34)4-3-11-26/h3-8,14,19H,9-13H2,1-2H3,(H,29,34)(H,28,30,31)/b4-3+. The number of allylic oxidation sites excluding steroid dienone is 1. The molecule has 2 amide bonds. The van der Waals surface area contributed by atoms with E-state index in [0.717, 1.165) is 18.4 Å². The quantitative estimate of drug-likeness (QED) is 0.332. The van der Waals surface area contributed by atoms with Gasteiger partial charge in [0.2, 0.25) is 11.9 Å². The Balaban J connectivity index is 1.33. The zero-order valence-electron chi connectivity index (χ0n) is 19.9. The van der Waals surface area contributed by atoms with Gasteiger partial charge in [0.25, 0.3) is 5.91 Å². The summed E-state index contributed by atoms with van der Waals surface area (Å²) >= 11 is 11.9. The normalized spacial score (nSPS) is 14.3. The molecule has 3 aromatic rings. The average Bonchev–Trinajstić information content (AvgIpc) is 3.22. The van der Waals surface area contributed by atoms with Gasteiger partial charge in [-0.15, -0.1) is 11.6 Å². The molecule has 9 nitrogen and oxygen atoms in total. The summed E-state index contributed by atoms with van der Waals surface area (Å²) < 4.78 is 5.25. The third-order valence-corrected chi connectivity index (χ3v) is 6.34. The fourth-order valence-corrected chi connectivity index (χ4v) is 4.33. The van der Waals surface area contributed by atoms with E-state index in [1.165, 1.54) is 6.08 Å². The lowest BCUT2D eigenvalue weighted by Crippen LogP contribution is -2.42. The number of nitrogens with one attached hydrogen (secondary N) is 2. The van der Waals surface area contributed by atoms with Gasteiger partial charge >= 0.3 is 0 Å². The van der Waals surface area contributed by atoms with Crippen LogP contribution in [0.2, 0.25) is 5.02 Å². The second-order valence-electron chi connectivity index (χ2n) is 8.42. The van der Waals surface area contributed by atoms with E-state index in [1.807, 2.05) is 18.7 Å². The second kappa shape index (κ2) is 11.5. The van der Waals surface area contributed by atoms with Gasteiger partial charge in [0.15, 0.2) is 0 Å². The van der Waals surface area contributed by atoms with Crippen molar-refractivity contribution in [1.82, 2.24) is 20.0 Å². The van der Waals surface area contributed by atoms with Crippen molar-refractivity contribution in [3.05, 3.63) is 64.7 Å². The number of alkyl halides is 1. The molecule has 1 aliphatic heterocycles. The Hall–Kier alpha value is -3.43. The summed E-state index contributed by atoms with van der Waals surface area (Å²) in [6.45, 7) is 4.86. The molecule has 0 bridgehead atoms. The maximum atomic E-state index is 13.0. The predicted molar refractivity (Wildman–Crippen MR) is 139 cm³/mol. The molecule has 2 aromatic heterocycles. The Morgan fingerprint density at radius 2 is 1.92 bits per heavy atom. The molecular weight excluding hydrogens is 503 g/mol. The minimum atomic E-state index is -0.271. The molecule has 1 saturated heterocycles. The number of amides is 2. The predicted octanol–water partition coefficient (Wildman–Crippen LogP) is 4.85. The van der Waals surface area contributed by atoms with Crippen LogP contribution in [0.4, 0.5) is 11.6 Å². The molecule has 0 aliphatic carbocycles. The molecular formula is C25H26Cl2N6O3. The molecule has 0 saturated carbocycles. The van der Waals surface area contributed by atoms with Gasteiger partial charge in [0, 0.05) is 42.3 Å². The summed E-state index contributed by atoms with van der Waals surface area (Å²) in [4.78, 5) is 35.5. The monoisotopic (exact) mass is 528 g/mol. The van der Waals surface area contributed by atoms with E-state index in [4.69, 9.17) is 27.7 Å². The molecule has 1 aromatic carbocycles. The van der Waals surface area contributed by atoms with Crippen molar-refractivity contribution < 1.29 is 14.1 Å². The van der Waals surface area contributed by atoms with Crippen molar-refractivity contribution in [3.8, 4) is 11.3 Å². The minimum absolute atomic E-state index is 0.0446. The van der Waals surface area contributed by atoms with Gasteiger partial charge in [0.1, 0.15) is 5.76 Å². The van der Waals surface area contributed by atoms with E-state index in [9.17, 15) is 9.59 Å². The molecule has 1 fully saturated rings. The number of nitrogens with zero attached hydrogens (tertiary/aromatic N) is 4. The highest BCUT2D eigenvalue weighted by molar-refractivity contribution is 6.33. The third-order valence-electron chi connectivity index (χ3n) is 5.89. The average molecular weight is 529 g/mol. The number of carbonyl (C=O) groups is 2. The number of piperidine rings is 1. The molecule has 11 heteroatoms. The number of hydrogen-bond acceptors (Lipinski definition) is 7. The van der Waals surface area contributed by atoms with Crippen LogP contribution in [0, 0.1) is 13.8 Å². The Kier molecular flexibility index (Phi) is 8.22. The number of hydrogen-bond donors (Lipinski definition) is 2. The lowest BCUT2D eigenvalue weighted by molar-refractivity contribution is -0.111. The number of aromatic nitrogens is 3. The highest BCUT2D eigenvalue weighted by atomic mass is 35.5. The maximum Gasteiger partial charge on any atom is 0.253 e. The Bertz CT molecular complexity index is 1250. The fourth-order valence-electron chi connectivity index (χ4n) is 4.06. The van der Waals surface area contributed by atoms with Gasteiger partial charge in [-0.05, 0) is 51.0 Å². The molecule has 188 valence electrons. The van der Waals surface area contributed by atoms with E-state index in [1.54, 1.807) is 36.5 Å². The Morgan fingerprint density at radius 3 is 2.56 bits per heavy atom. The molecule has 4 rings (SSSR count). The molecule has 0 atom stereocenters. The molecule has 36 heavy (non-hydrogen) atoms. The van der Waals surface area contributed by atoms with Crippen LogP contribution in [0.5, 0.6) is 0 Å². The first-order valence-electron chi connectivity index (χ1n) is 11.5. The van der Waals surface area contributed by atoms with Crippen LogP contribution in [-0.4, -0.2) is 56.9 Å². The van der Waals surface area contributed by atoms with Crippen LogP contribution in [0.1, 0.15) is 34.7 Å². The van der Waals surface area contributed by atoms with Crippen molar-refractivity contribution in [3.63, 3.8) is 0 Å². The van der Waals surface area contributed by atoms with E-state index in [-0.39, 0.29) is 23.7 Å². The van der Waals surface area contributed by atoms with Crippen molar-refractivity contribution in [1.29, 1.82) is 0 Å². The number of aryl methyl sites for hydroxylation is 2. The number of rotatable bonds is 7. The number of halogens is 2. The van der Waals surface area contributed by atoms with Crippen molar-refractivity contribution >= 4 is 46.7 Å². The van der Waals surface area contributed by atoms with Crippen LogP contribution in [0.15, 0.2) is 47.1 Å². The highest BCUT2D eigenvalue weighted by Crippen LogP contribution is 2.31. The third kappa shape index (κ3) is 6.03. The van der Waals surface area contributed by atoms with E-state index in [0.29, 0.717) is 52.5 Å². The lowest BCUT2D eigenvalue weighted by Gasteiger charge is -2.32. The van der Waals surface area contributed by atoms with Gasteiger partial charge in [0.05, 0.1) is 28.2 Å². The summed E-state index contributed by atoms with van der Waals surface area (Å²) in [5.74, 6) is 1.07. The van der Waals surface area contributed by atoms with Crippen LogP contribution >= 0.6 is 23.2 Å². The van der Waals surface area contributed by atoms with Gasteiger partial charge in [-0.1, -0.05) is 22.8 Å². The molecule has 2 N–H and O–H groups in total. The van der Waals surface area contributed by atoms with Crippen LogP contribution in [-0.2, 0) is 4.79 Å². The molecule has 1 aliphatic rings. The largest absolute Gasteiger partial charge is 0.361 e. The van der Waals surface area contributed by atoms with Crippen LogP contribution < -0.4 is 10.6 Å². The summed E-state index contributed by atoms with van der Waals surface area (Å²) in [5, 5.41) is 10.5. The van der Waals surface area contributed by atoms with Crippen molar-refractivity contribution in [2.75, 3.05) is 29.6 Å². The lowest BCUT2D eigenvalue weighted by atomic mass is 10.0. The second-order valence-corrected chi connectivity index (χ2v) is 9.14. The summed E-state index contributed by atoms with van der Waals surface area (Å²) in [6.07, 6.45) is 6.00. The zero-order chi connectivity index (χ0) is 25.7. The summed E-state index contributed by atoms with van der Waals surface area (Å²) in [6, 6.07) is 6.97. The van der Waals surface area contributed by atoms with Gasteiger partial charge < -0.3 is 20.1 Å². The highest BCUT2D eigenvalue weighted by Gasteiger charge is 2.25. The van der Waals surface area contributed by atoms with E-state index >= 15 is 0 Å². The van der Waals surface area contributed by atoms with Crippen LogP contribution in [0.3, 0.4) is 0 Å². The number of benzene rings is 1. The number of likely N-dealkylation sites (tertiary alicyclic amines) is 1. The molecule has 3 heterocycles. The van der Waals surface area contributed by atoms with Crippen molar-refractivity contribution in [2.24, 2.45) is 0 Å². The minimum Gasteiger partial charge on any atom is -0.361 e. The molecule has 0 radical (unpaired) electrons. The Morgan fingerprint density at radius 1 is 1.19 bits per heavy atom. The topological polar surface area (TPSA) is 113 Å². The molecule has 0 unspecified atom stereocenters. The summed E-state index contributed by atoms with van der Waals surface area (Å²) in [5.41, 5.74) is 3.24. The first kappa shape index (κ1) is 25.7. The Labute approximate surface area is 218 Å². The maximum absolute atomic E-state index is 13.0. The molecule has 0 spiro atoms.